The fourth-order valence-electron chi connectivity index (χ4n) is 1.78. The highest BCUT2D eigenvalue weighted by Gasteiger charge is 2.20. The lowest BCUT2D eigenvalue weighted by molar-refractivity contribution is -0.384. The van der Waals surface area contributed by atoms with Gasteiger partial charge in [-0.1, -0.05) is 0 Å². The number of aromatic nitrogens is 3. The summed E-state index contributed by atoms with van der Waals surface area (Å²) in [6.07, 6.45) is 1.52. The van der Waals surface area contributed by atoms with Crippen molar-refractivity contribution >= 4 is 27.3 Å². The second-order valence-corrected chi connectivity index (χ2v) is 5.06. The average Bonchev–Trinajstić information content (AvgIpc) is 2.79. The molecule has 0 aliphatic carbocycles. The minimum Gasteiger partial charge on any atom is -0.370 e. The number of halogens is 2. The third-order valence-electron chi connectivity index (χ3n) is 2.74. The van der Waals surface area contributed by atoms with Crippen LogP contribution in [0.15, 0.2) is 22.9 Å². The van der Waals surface area contributed by atoms with Gasteiger partial charge in [0.2, 0.25) is 0 Å². The summed E-state index contributed by atoms with van der Waals surface area (Å²) >= 11 is 2.93. The number of aryl methyl sites for hydroxylation is 1. The summed E-state index contributed by atoms with van der Waals surface area (Å²) in [6, 6.07) is 1.85. The number of rotatable bonds is 4. The van der Waals surface area contributed by atoms with E-state index in [1.165, 1.54) is 6.33 Å². The van der Waals surface area contributed by atoms with Crippen LogP contribution >= 0.6 is 15.9 Å². The maximum Gasteiger partial charge on any atom is 0.293 e. The molecule has 7 nitrogen and oxygen atoms in total. The van der Waals surface area contributed by atoms with Crippen LogP contribution in [-0.2, 0) is 7.05 Å². The molecule has 0 amide bonds. The molecule has 0 aliphatic heterocycles. The second kappa shape index (κ2) is 5.53. The lowest BCUT2D eigenvalue weighted by Gasteiger charge is -2.14. The van der Waals surface area contributed by atoms with E-state index >= 15 is 0 Å². The van der Waals surface area contributed by atoms with E-state index in [1.807, 2.05) is 0 Å². The van der Waals surface area contributed by atoms with Crippen molar-refractivity contribution in [1.29, 1.82) is 0 Å². The Morgan fingerprint density at radius 2 is 2.25 bits per heavy atom. The van der Waals surface area contributed by atoms with Crippen LogP contribution in [-0.4, -0.2) is 19.7 Å². The molecule has 2 aromatic rings. The minimum atomic E-state index is -0.580. The molecule has 0 aliphatic rings. The van der Waals surface area contributed by atoms with Crippen molar-refractivity contribution in [3.63, 3.8) is 0 Å². The Labute approximate surface area is 122 Å². The van der Waals surface area contributed by atoms with Crippen LogP contribution in [0.3, 0.4) is 0 Å². The zero-order chi connectivity index (χ0) is 14.9. The van der Waals surface area contributed by atoms with Crippen LogP contribution in [0.1, 0.15) is 18.8 Å². The number of nitro groups is 1. The van der Waals surface area contributed by atoms with Gasteiger partial charge in [-0.25, -0.2) is 4.39 Å². The molecular formula is C11H11BrFN5O2. The van der Waals surface area contributed by atoms with Crippen molar-refractivity contribution < 1.29 is 9.31 Å². The van der Waals surface area contributed by atoms with Gasteiger partial charge in [0.15, 0.2) is 5.82 Å². The van der Waals surface area contributed by atoms with Crippen LogP contribution in [0.4, 0.5) is 15.8 Å². The predicted molar refractivity (Wildman–Crippen MR) is 73.8 cm³/mol. The summed E-state index contributed by atoms with van der Waals surface area (Å²) in [5, 5.41) is 21.5. The normalized spacial score (nSPS) is 12.2. The first kappa shape index (κ1) is 14.4. The van der Waals surface area contributed by atoms with Gasteiger partial charge in [0.25, 0.3) is 5.69 Å². The van der Waals surface area contributed by atoms with Crippen LogP contribution in [0.2, 0.25) is 0 Å². The Hall–Kier alpha value is -2.03. The van der Waals surface area contributed by atoms with E-state index in [9.17, 15) is 14.5 Å². The maximum absolute atomic E-state index is 13.6. The molecule has 0 saturated carbocycles. The van der Waals surface area contributed by atoms with E-state index in [4.69, 9.17) is 0 Å². The summed E-state index contributed by atoms with van der Waals surface area (Å²) < 4.78 is 15.3. The highest BCUT2D eigenvalue weighted by molar-refractivity contribution is 9.10. The fraction of sp³-hybridized carbons (Fsp3) is 0.273. The molecule has 106 valence electrons. The maximum atomic E-state index is 13.6. The van der Waals surface area contributed by atoms with Gasteiger partial charge in [0, 0.05) is 19.2 Å². The first-order valence-corrected chi connectivity index (χ1v) is 6.43. The smallest absolute Gasteiger partial charge is 0.293 e. The molecule has 2 rings (SSSR count). The highest BCUT2D eigenvalue weighted by Crippen LogP contribution is 2.32. The van der Waals surface area contributed by atoms with Crippen LogP contribution < -0.4 is 5.32 Å². The Morgan fingerprint density at radius 3 is 2.80 bits per heavy atom. The molecule has 1 atom stereocenters. The van der Waals surface area contributed by atoms with Crippen LogP contribution in [0.25, 0.3) is 0 Å². The Balaban J connectivity index is 2.36. The molecule has 9 heteroatoms. The van der Waals surface area contributed by atoms with E-state index in [2.05, 4.69) is 31.4 Å². The van der Waals surface area contributed by atoms with Crippen molar-refractivity contribution in [1.82, 2.24) is 14.8 Å². The van der Waals surface area contributed by atoms with Gasteiger partial charge < -0.3 is 9.88 Å². The number of nitrogens with zero attached hydrogens (tertiary/aromatic N) is 4. The molecule has 0 radical (unpaired) electrons. The van der Waals surface area contributed by atoms with E-state index < -0.39 is 10.7 Å². The number of nitro benzene ring substituents is 1. The highest BCUT2D eigenvalue weighted by atomic mass is 79.9. The van der Waals surface area contributed by atoms with Crippen LogP contribution in [0, 0.1) is 15.9 Å². The lowest BCUT2D eigenvalue weighted by Crippen LogP contribution is -2.13. The molecule has 1 aromatic heterocycles. The molecule has 1 aromatic carbocycles. The second-order valence-electron chi connectivity index (χ2n) is 4.21. The van der Waals surface area contributed by atoms with Gasteiger partial charge in [-0.3, -0.25) is 10.1 Å². The van der Waals surface area contributed by atoms with Crippen molar-refractivity contribution in [2.45, 2.75) is 13.0 Å². The van der Waals surface area contributed by atoms with Crippen molar-refractivity contribution in [2.24, 2.45) is 7.05 Å². The number of hydrogen-bond donors (Lipinski definition) is 1. The zero-order valence-electron chi connectivity index (χ0n) is 10.7. The van der Waals surface area contributed by atoms with Crippen molar-refractivity contribution in [3.05, 3.63) is 44.7 Å². The van der Waals surface area contributed by atoms with Crippen molar-refractivity contribution in [2.75, 3.05) is 5.32 Å². The first-order valence-electron chi connectivity index (χ1n) is 5.64. The topological polar surface area (TPSA) is 85.9 Å². The quantitative estimate of drug-likeness (QED) is 0.681. The van der Waals surface area contributed by atoms with Gasteiger partial charge >= 0.3 is 0 Å². The Bertz CT molecular complexity index is 660. The Kier molecular flexibility index (Phi) is 3.98. The third kappa shape index (κ3) is 2.77. The summed E-state index contributed by atoms with van der Waals surface area (Å²) in [5.74, 6) is 0.00545. The molecule has 0 bridgehead atoms. The fourth-order valence-corrected chi connectivity index (χ4v) is 2.12. The lowest BCUT2D eigenvalue weighted by atomic mass is 10.2. The summed E-state index contributed by atoms with van der Waals surface area (Å²) in [6.45, 7) is 1.76. The van der Waals surface area contributed by atoms with E-state index in [0.29, 0.717) is 5.82 Å². The van der Waals surface area contributed by atoms with Gasteiger partial charge in [-0.2, -0.15) is 0 Å². The summed E-state index contributed by atoms with van der Waals surface area (Å²) in [5.41, 5.74) is -0.126. The summed E-state index contributed by atoms with van der Waals surface area (Å²) in [4.78, 5) is 10.4. The standard InChI is InChI=1S/C11H11BrFN5O2/c1-6(11-16-14-5-17(11)2)15-9-4-8(13)7(12)3-10(9)18(19)20/h3-6,15H,1-2H3. The number of benzene rings is 1. The van der Waals surface area contributed by atoms with Crippen molar-refractivity contribution in [3.8, 4) is 0 Å². The molecule has 0 saturated heterocycles. The van der Waals surface area contributed by atoms with Gasteiger partial charge in [-0.15, -0.1) is 10.2 Å². The van der Waals surface area contributed by atoms with E-state index in [1.54, 1.807) is 18.5 Å². The SMILES string of the molecule is CC(Nc1cc(F)c(Br)cc1[N+](=O)[O-])c1nncn1C. The van der Waals surface area contributed by atoms with E-state index in [0.717, 1.165) is 12.1 Å². The monoisotopic (exact) mass is 343 g/mol. The number of nitrogens with one attached hydrogen (secondary N) is 1. The molecule has 0 spiro atoms. The zero-order valence-corrected chi connectivity index (χ0v) is 12.3. The van der Waals surface area contributed by atoms with Gasteiger partial charge in [0.05, 0.1) is 15.4 Å². The number of anilines is 1. The molecular weight excluding hydrogens is 333 g/mol. The first-order chi connectivity index (χ1) is 9.40. The van der Waals surface area contributed by atoms with E-state index in [-0.39, 0.29) is 21.9 Å². The molecule has 1 heterocycles. The number of hydrogen-bond acceptors (Lipinski definition) is 5. The Morgan fingerprint density at radius 1 is 1.55 bits per heavy atom. The molecule has 0 fully saturated rings. The third-order valence-corrected chi connectivity index (χ3v) is 3.35. The minimum absolute atomic E-state index is 0.0426. The van der Waals surface area contributed by atoms with Crippen LogP contribution in [0.5, 0.6) is 0 Å². The summed E-state index contributed by atoms with van der Waals surface area (Å²) in [7, 11) is 1.75. The van der Waals surface area contributed by atoms with Gasteiger partial charge in [0.1, 0.15) is 17.8 Å². The molecule has 20 heavy (non-hydrogen) atoms. The average molecular weight is 344 g/mol. The predicted octanol–water partition coefficient (Wildman–Crippen LogP) is 2.80. The van der Waals surface area contributed by atoms with Gasteiger partial charge in [-0.05, 0) is 22.9 Å². The largest absolute Gasteiger partial charge is 0.370 e. The molecule has 1 unspecified atom stereocenters. The molecule has 1 N–H and O–H groups in total.